The van der Waals surface area contributed by atoms with E-state index in [4.69, 9.17) is 29.3 Å². The number of carbonyl (C=O) groups is 2. The predicted octanol–water partition coefficient (Wildman–Crippen LogP) is 1.33. The zero-order valence-corrected chi connectivity index (χ0v) is 13.5. The van der Waals surface area contributed by atoms with Crippen molar-refractivity contribution < 1.29 is 29.3 Å². The second-order valence-electron chi connectivity index (χ2n) is 4.89. The van der Waals surface area contributed by atoms with Crippen LogP contribution in [0.1, 0.15) is 12.8 Å². The molecule has 0 radical (unpaired) electrons. The zero-order chi connectivity index (χ0) is 17.8. The van der Waals surface area contributed by atoms with Crippen LogP contribution in [-0.2, 0) is 9.59 Å². The third-order valence-electron chi connectivity index (χ3n) is 3.18. The van der Waals surface area contributed by atoms with E-state index in [0.29, 0.717) is 6.61 Å². The van der Waals surface area contributed by atoms with Gasteiger partial charge in [-0.05, 0) is 38.1 Å². The first kappa shape index (κ1) is 19.3. The molecule has 1 aromatic carbocycles. The molecule has 1 saturated heterocycles. The number of rotatable bonds is 4. The summed E-state index contributed by atoms with van der Waals surface area (Å²) < 4.78 is 10.8. The minimum Gasteiger partial charge on any atom is -0.493 e. The number of likely N-dealkylation sites (tertiary alicyclic amines) is 1. The second-order valence-corrected chi connectivity index (χ2v) is 4.89. The predicted molar refractivity (Wildman–Crippen MR) is 87.2 cm³/mol. The molecule has 1 aliphatic heterocycles. The fraction of sp³-hybridized carbons (Fsp3) is 0.412. The van der Waals surface area contributed by atoms with Gasteiger partial charge in [0, 0.05) is 0 Å². The van der Waals surface area contributed by atoms with Gasteiger partial charge in [-0.25, -0.2) is 9.59 Å². The third-order valence-corrected chi connectivity index (χ3v) is 3.18. The molecule has 1 aliphatic rings. The lowest BCUT2D eigenvalue weighted by molar-refractivity contribution is -0.159. The minimum absolute atomic E-state index is 0.411. The molecule has 0 saturated carbocycles. The number of para-hydroxylation sites is 2. The topological polar surface area (TPSA) is 96.3 Å². The number of benzene rings is 1. The quantitative estimate of drug-likeness (QED) is 0.633. The first-order valence-corrected chi connectivity index (χ1v) is 7.44. The normalized spacial score (nSPS) is 13.0. The Hall–Kier alpha value is -2.72. The highest BCUT2D eigenvalue weighted by Crippen LogP contribution is 2.25. The molecular weight excluding hydrogens is 314 g/mol. The van der Waals surface area contributed by atoms with E-state index in [1.54, 1.807) is 7.11 Å². The van der Waals surface area contributed by atoms with Gasteiger partial charge in [-0.3, -0.25) is 4.90 Å². The Morgan fingerprint density at radius 1 is 1.08 bits per heavy atom. The molecule has 0 atom stereocenters. The van der Waals surface area contributed by atoms with E-state index < -0.39 is 11.9 Å². The fourth-order valence-corrected chi connectivity index (χ4v) is 2.01. The molecular formula is C17H21NO6. The molecule has 0 bridgehead atoms. The maximum absolute atomic E-state index is 9.10. The SMILES string of the molecule is COc1ccccc1OCC#CCN1CCCC1.O=C(O)C(=O)O. The highest BCUT2D eigenvalue weighted by molar-refractivity contribution is 6.27. The van der Waals surface area contributed by atoms with E-state index >= 15 is 0 Å². The standard InChI is InChI=1S/C15H19NO2.C2H2O4/c1-17-14-8-2-3-9-15(14)18-13-7-6-12-16-10-4-5-11-16;3-1(4)2(5)6/h2-3,8-9H,4-5,10-13H2,1H3;(H,3,4)(H,5,6). The van der Waals surface area contributed by atoms with Crippen LogP contribution in [0.4, 0.5) is 0 Å². The Bertz CT molecular complexity index is 587. The molecule has 0 amide bonds. The van der Waals surface area contributed by atoms with Gasteiger partial charge in [-0.1, -0.05) is 24.0 Å². The number of nitrogens with zero attached hydrogens (tertiary/aromatic N) is 1. The molecule has 2 rings (SSSR count). The van der Waals surface area contributed by atoms with Crippen molar-refractivity contribution in [2.75, 3.05) is 33.4 Å². The molecule has 0 aromatic heterocycles. The molecule has 130 valence electrons. The van der Waals surface area contributed by atoms with Gasteiger partial charge in [0.15, 0.2) is 11.5 Å². The molecule has 7 heteroatoms. The largest absolute Gasteiger partial charge is 0.493 e. The van der Waals surface area contributed by atoms with Crippen LogP contribution < -0.4 is 9.47 Å². The van der Waals surface area contributed by atoms with Gasteiger partial charge in [-0.15, -0.1) is 0 Å². The van der Waals surface area contributed by atoms with Crippen LogP contribution in [-0.4, -0.2) is 60.4 Å². The lowest BCUT2D eigenvalue weighted by Gasteiger charge is -2.09. The van der Waals surface area contributed by atoms with Gasteiger partial charge in [0.1, 0.15) is 6.61 Å². The number of hydrogen-bond donors (Lipinski definition) is 2. The fourth-order valence-electron chi connectivity index (χ4n) is 2.01. The van der Waals surface area contributed by atoms with Crippen molar-refractivity contribution in [2.24, 2.45) is 0 Å². The summed E-state index contributed by atoms with van der Waals surface area (Å²) in [6.45, 7) is 3.63. The van der Waals surface area contributed by atoms with Crippen molar-refractivity contribution in [3.8, 4) is 23.3 Å². The molecule has 1 heterocycles. The van der Waals surface area contributed by atoms with Crippen molar-refractivity contribution >= 4 is 11.9 Å². The maximum Gasteiger partial charge on any atom is 0.414 e. The van der Waals surface area contributed by atoms with E-state index in [2.05, 4.69) is 16.7 Å². The van der Waals surface area contributed by atoms with Gasteiger partial charge < -0.3 is 19.7 Å². The average molecular weight is 335 g/mol. The molecule has 1 aromatic rings. The average Bonchev–Trinajstić information content (AvgIpc) is 3.09. The van der Waals surface area contributed by atoms with Gasteiger partial charge in [0.2, 0.25) is 0 Å². The molecule has 0 aliphatic carbocycles. The van der Waals surface area contributed by atoms with Crippen molar-refractivity contribution in [1.82, 2.24) is 4.90 Å². The van der Waals surface area contributed by atoms with Crippen LogP contribution in [0.15, 0.2) is 24.3 Å². The summed E-state index contributed by atoms with van der Waals surface area (Å²) in [6, 6.07) is 7.62. The smallest absolute Gasteiger partial charge is 0.414 e. The lowest BCUT2D eigenvalue weighted by Crippen LogP contribution is -2.19. The Morgan fingerprint density at radius 3 is 2.21 bits per heavy atom. The Balaban J connectivity index is 0.000000413. The van der Waals surface area contributed by atoms with Crippen LogP contribution in [0.2, 0.25) is 0 Å². The number of carboxylic acids is 2. The van der Waals surface area contributed by atoms with Crippen LogP contribution in [0, 0.1) is 11.8 Å². The maximum atomic E-state index is 9.10. The van der Waals surface area contributed by atoms with Gasteiger partial charge in [-0.2, -0.15) is 0 Å². The summed E-state index contributed by atoms with van der Waals surface area (Å²) in [5, 5.41) is 14.8. The first-order chi connectivity index (χ1) is 11.5. The van der Waals surface area contributed by atoms with Crippen LogP contribution in [0.5, 0.6) is 11.5 Å². The Kier molecular flexibility index (Phi) is 8.79. The number of ether oxygens (including phenoxy) is 2. The van der Waals surface area contributed by atoms with E-state index in [1.165, 1.54) is 25.9 Å². The minimum atomic E-state index is -1.82. The monoisotopic (exact) mass is 335 g/mol. The molecule has 1 fully saturated rings. The summed E-state index contributed by atoms with van der Waals surface area (Å²) in [6.07, 6.45) is 2.61. The molecule has 0 unspecified atom stereocenters. The third kappa shape index (κ3) is 7.51. The Labute approximate surface area is 140 Å². The van der Waals surface area contributed by atoms with Gasteiger partial charge in [0.05, 0.1) is 13.7 Å². The summed E-state index contributed by atoms with van der Waals surface area (Å²) >= 11 is 0. The highest BCUT2D eigenvalue weighted by atomic mass is 16.5. The summed E-state index contributed by atoms with van der Waals surface area (Å²) in [5.41, 5.74) is 0. The molecule has 2 N–H and O–H groups in total. The van der Waals surface area contributed by atoms with E-state index in [9.17, 15) is 0 Å². The highest BCUT2D eigenvalue weighted by Gasteiger charge is 2.08. The van der Waals surface area contributed by atoms with E-state index in [1.807, 2.05) is 24.3 Å². The lowest BCUT2D eigenvalue weighted by atomic mass is 10.3. The van der Waals surface area contributed by atoms with Crippen molar-refractivity contribution in [3.05, 3.63) is 24.3 Å². The van der Waals surface area contributed by atoms with Crippen LogP contribution >= 0.6 is 0 Å². The van der Waals surface area contributed by atoms with E-state index in [0.717, 1.165) is 18.0 Å². The molecule has 7 nitrogen and oxygen atoms in total. The molecule has 24 heavy (non-hydrogen) atoms. The molecule has 0 spiro atoms. The Morgan fingerprint density at radius 2 is 1.67 bits per heavy atom. The van der Waals surface area contributed by atoms with Crippen molar-refractivity contribution in [1.29, 1.82) is 0 Å². The van der Waals surface area contributed by atoms with E-state index in [-0.39, 0.29) is 0 Å². The van der Waals surface area contributed by atoms with Gasteiger partial charge >= 0.3 is 11.9 Å². The first-order valence-electron chi connectivity index (χ1n) is 7.44. The van der Waals surface area contributed by atoms with Crippen LogP contribution in [0.25, 0.3) is 0 Å². The summed E-state index contributed by atoms with van der Waals surface area (Å²) in [7, 11) is 1.64. The van der Waals surface area contributed by atoms with Crippen molar-refractivity contribution in [3.63, 3.8) is 0 Å². The number of hydrogen-bond acceptors (Lipinski definition) is 5. The van der Waals surface area contributed by atoms with Crippen LogP contribution in [0.3, 0.4) is 0 Å². The van der Waals surface area contributed by atoms with Gasteiger partial charge in [0.25, 0.3) is 0 Å². The second kappa shape index (κ2) is 10.9. The number of methoxy groups -OCH3 is 1. The van der Waals surface area contributed by atoms with Crippen molar-refractivity contribution in [2.45, 2.75) is 12.8 Å². The zero-order valence-electron chi connectivity index (χ0n) is 13.5. The number of carboxylic acid groups (broad SMARTS) is 2. The number of aliphatic carboxylic acids is 2. The summed E-state index contributed by atoms with van der Waals surface area (Å²) in [4.78, 5) is 20.6. The summed E-state index contributed by atoms with van der Waals surface area (Å²) in [5.74, 6) is 4.03.